The van der Waals surface area contributed by atoms with Crippen molar-refractivity contribution in [2.75, 3.05) is 13.2 Å². The third-order valence-electron chi connectivity index (χ3n) is 7.43. The standard InChI is InChI=1S/C31H35BCl2FNO6/c1-6-39-29(37)17-22-16-26(35)24(32-41-30(2,3)31(4,5)42-32)15-21(22)12-13-38-19-23-14-20(10-11-25(23)33)18-40-28-9-7-8-27(34)36-28/h7-11,14-16H,6,12-13,17-19H2,1-5H3. The van der Waals surface area contributed by atoms with Gasteiger partial charge in [0, 0.05) is 16.6 Å². The molecule has 0 amide bonds. The van der Waals surface area contributed by atoms with Crippen molar-refractivity contribution in [3.8, 4) is 5.88 Å². The molecule has 0 atom stereocenters. The van der Waals surface area contributed by atoms with Gasteiger partial charge in [-0.3, -0.25) is 4.79 Å². The molecule has 7 nitrogen and oxygen atoms in total. The van der Waals surface area contributed by atoms with Crippen LogP contribution < -0.4 is 10.2 Å². The Kier molecular flexibility index (Phi) is 10.5. The Labute approximate surface area is 256 Å². The van der Waals surface area contributed by atoms with Gasteiger partial charge in [0.1, 0.15) is 17.6 Å². The molecule has 224 valence electrons. The first-order valence-corrected chi connectivity index (χ1v) is 14.6. The van der Waals surface area contributed by atoms with Gasteiger partial charge in [-0.15, -0.1) is 0 Å². The molecule has 0 N–H and O–H groups in total. The molecule has 1 aliphatic rings. The summed E-state index contributed by atoms with van der Waals surface area (Å²) in [4.78, 5) is 16.4. The summed E-state index contributed by atoms with van der Waals surface area (Å²) in [5, 5.41) is 0.916. The van der Waals surface area contributed by atoms with E-state index < -0.39 is 30.1 Å². The molecule has 0 unspecified atom stereocenters. The van der Waals surface area contributed by atoms with E-state index in [0.29, 0.717) is 34.6 Å². The van der Waals surface area contributed by atoms with Crippen LogP contribution in [0.15, 0.2) is 48.5 Å². The minimum absolute atomic E-state index is 0.0565. The van der Waals surface area contributed by atoms with Gasteiger partial charge in [0.15, 0.2) is 0 Å². The summed E-state index contributed by atoms with van der Waals surface area (Å²) in [7, 11) is -0.878. The highest BCUT2D eigenvalue weighted by Gasteiger charge is 2.52. The first kappa shape index (κ1) is 32.2. The van der Waals surface area contributed by atoms with Crippen LogP contribution in [0.1, 0.15) is 56.9 Å². The average Bonchev–Trinajstić information content (AvgIpc) is 3.14. The predicted octanol–water partition coefficient (Wildman–Crippen LogP) is 6.27. The smallest absolute Gasteiger partial charge is 0.473 e. The summed E-state index contributed by atoms with van der Waals surface area (Å²) in [5.74, 6) is -0.509. The zero-order valence-corrected chi connectivity index (χ0v) is 26.0. The second-order valence-electron chi connectivity index (χ2n) is 11.0. The van der Waals surface area contributed by atoms with E-state index in [1.54, 1.807) is 37.3 Å². The number of halogens is 3. The summed E-state index contributed by atoms with van der Waals surface area (Å²) < 4.78 is 44.3. The Hall–Kier alpha value is -2.69. The molecule has 1 saturated heterocycles. The van der Waals surface area contributed by atoms with Crippen molar-refractivity contribution < 1.29 is 32.7 Å². The highest BCUT2D eigenvalue weighted by Crippen LogP contribution is 2.37. The van der Waals surface area contributed by atoms with Crippen LogP contribution in [0, 0.1) is 5.82 Å². The van der Waals surface area contributed by atoms with Gasteiger partial charge in [0.05, 0.1) is 37.4 Å². The maximum Gasteiger partial charge on any atom is 0.497 e. The van der Waals surface area contributed by atoms with Crippen LogP contribution >= 0.6 is 23.2 Å². The molecule has 1 aromatic heterocycles. The molecule has 42 heavy (non-hydrogen) atoms. The molecule has 4 rings (SSSR count). The molecule has 11 heteroatoms. The van der Waals surface area contributed by atoms with Crippen molar-refractivity contribution >= 4 is 41.8 Å². The van der Waals surface area contributed by atoms with E-state index in [4.69, 9.17) is 46.7 Å². The number of hydrogen-bond acceptors (Lipinski definition) is 7. The molecule has 1 fully saturated rings. The Morgan fingerprint density at radius 3 is 2.40 bits per heavy atom. The topological polar surface area (TPSA) is 76.1 Å². The molecule has 2 heterocycles. The number of carbonyl (C=O) groups is 1. The van der Waals surface area contributed by atoms with Gasteiger partial charge in [0.2, 0.25) is 5.88 Å². The lowest BCUT2D eigenvalue weighted by molar-refractivity contribution is -0.142. The lowest BCUT2D eigenvalue weighted by Crippen LogP contribution is -2.41. The number of carbonyl (C=O) groups excluding carboxylic acids is 1. The van der Waals surface area contributed by atoms with Crippen molar-refractivity contribution in [1.29, 1.82) is 0 Å². The van der Waals surface area contributed by atoms with Gasteiger partial charge in [0.25, 0.3) is 0 Å². The molecule has 1 aliphatic heterocycles. The van der Waals surface area contributed by atoms with E-state index in [2.05, 4.69) is 4.98 Å². The number of rotatable bonds is 12. The monoisotopic (exact) mass is 617 g/mol. The van der Waals surface area contributed by atoms with Crippen molar-refractivity contribution in [2.45, 2.75) is 71.9 Å². The summed E-state index contributed by atoms with van der Waals surface area (Å²) >= 11 is 12.4. The number of esters is 1. The predicted molar refractivity (Wildman–Crippen MR) is 161 cm³/mol. The number of aromatic nitrogens is 1. The molecule has 0 bridgehead atoms. The fraction of sp³-hybridized carbons (Fsp3) is 0.419. The molecule has 0 saturated carbocycles. The van der Waals surface area contributed by atoms with E-state index in [1.165, 1.54) is 6.07 Å². The second-order valence-corrected chi connectivity index (χ2v) is 11.8. The van der Waals surface area contributed by atoms with Crippen molar-refractivity contribution in [3.05, 3.63) is 86.8 Å². The molecule has 2 aromatic carbocycles. The van der Waals surface area contributed by atoms with E-state index in [9.17, 15) is 4.79 Å². The molecule has 0 spiro atoms. The molecule has 0 radical (unpaired) electrons. The van der Waals surface area contributed by atoms with Crippen LogP contribution in [0.2, 0.25) is 10.2 Å². The molecule has 0 aliphatic carbocycles. The normalized spacial score (nSPS) is 15.6. The maximum atomic E-state index is 15.3. The maximum absolute atomic E-state index is 15.3. The van der Waals surface area contributed by atoms with Crippen molar-refractivity contribution in [3.63, 3.8) is 0 Å². The number of hydrogen-bond donors (Lipinski definition) is 0. The summed E-state index contributed by atoms with van der Waals surface area (Å²) in [6.07, 6.45) is 0.363. The second kappa shape index (κ2) is 13.7. The molecular formula is C31H35BCl2FNO6. The largest absolute Gasteiger partial charge is 0.497 e. The molecule has 3 aromatic rings. The van der Waals surface area contributed by atoms with Crippen LogP contribution in [-0.2, 0) is 49.6 Å². The van der Waals surface area contributed by atoms with Crippen LogP contribution in [0.25, 0.3) is 0 Å². The fourth-order valence-electron chi connectivity index (χ4n) is 4.41. The summed E-state index contributed by atoms with van der Waals surface area (Å²) in [6.45, 7) is 10.5. The zero-order chi connectivity index (χ0) is 30.5. The highest BCUT2D eigenvalue weighted by atomic mass is 35.5. The van der Waals surface area contributed by atoms with Crippen LogP contribution in [0.5, 0.6) is 5.88 Å². The van der Waals surface area contributed by atoms with Crippen molar-refractivity contribution in [2.24, 2.45) is 0 Å². The Morgan fingerprint density at radius 1 is 0.976 bits per heavy atom. The summed E-state index contributed by atoms with van der Waals surface area (Å²) in [5.41, 5.74) is 1.99. The lowest BCUT2D eigenvalue weighted by Gasteiger charge is -2.32. The lowest BCUT2D eigenvalue weighted by atomic mass is 9.76. The van der Waals surface area contributed by atoms with E-state index >= 15 is 4.39 Å². The van der Waals surface area contributed by atoms with Crippen LogP contribution in [0.3, 0.4) is 0 Å². The first-order chi connectivity index (χ1) is 19.9. The van der Waals surface area contributed by atoms with Crippen LogP contribution in [0.4, 0.5) is 4.39 Å². The van der Waals surface area contributed by atoms with E-state index in [0.717, 1.165) is 16.7 Å². The minimum atomic E-state index is -0.878. The third-order valence-corrected chi connectivity index (χ3v) is 8.01. The first-order valence-electron chi connectivity index (χ1n) is 13.8. The number of nitrogens with zero attached hydrogens (tertiary/aromatic N) is 1. The number of benzene rings is 2. The Balaban J connectivity index is 1.44. The van der Waals surface area contributed by atoms with Gasteiger partial charge in [-0.05, 0) is 87.6 Å². The minimum Gasteiger partial charge on any atom is -0.473 e. The van der Waals surface area contributed by atoms with Gasteiger partial charge >= 0.3 is 13.1 Å². The van der Waals surface area contributed by atoms with Gasteiger partial charge in [-0.25, -0.2) is 9.37 Å². The fourth-order valence-corrected chi connectivity index (χ4v) is 4.74. The zero-order valence-electron chi connectivity index (χ0n) is 24.5. The summed E-state index contributed by atoms with van der Waals surface area (Å²) in [6, 6.07) is 13.8. The highest BCUT2D eigenvalue weighted by molar-refractivity contribution is 6.62. The number of ether oxygens (including phenoxy) is 3. The number of pyridine rings is 1. The van der Waals surface area contributed by atoms with Gasteiger partial charge in [-0.1, -0.05) is 41.4 Å². The average molecular weight is 618 g/mol. The van der Waals surface area contributed by atoms with E-state index in [1.807, 2.05) is 39.8 Å². The Bertz CT molecular complexity index is 1400. The van der Waals surface area contributed by atoms with E-state index in [-0.39, 0.29) is 31.7 Å². The SMILES string of the molecule is CCOC(=O)Cc1cc(F)c(B2OC(C)(C)C(C)(C)O2)cc1CCOCc1cc(COc2cccc(Cl)n2)ccc1Cl. The quantitative estimate of drug-likeness (QED) is 0.103. The van der Waals surface area contributed by atoms with Crippen LogP contribution in [-0.4, -0.2) is 42.5 Å². The van der Waals surface area contributed by atoms with Crippen molar-refractivity contribution in [1.82, 2.24) is 4.98 Å². The third kappa shape index (κ3) is 8.02. The van der Waals surface area contributed by atoms with Gasteiger partial charge in [-0.2, -0.15) is 0 Å². The van der Waals surface area contributed by atoms with Gasteiger partial charge < -0.3 is 23.5 Å². The molecular weight excluding hydrogens is 583 g/mol. The Morgan fingerprint density at radius 2 is 1.71 bits per heavy atom.